The predicted octanol–water partition coefficient (Wildman–Crippen LogP) is 3.65. The SMILES string of the molecule is Cl.O=C(N1CCC2CCC(C1)N2)C1(c2ccc(Br)cc2)CCC1. The summed E-state index contributed by atoms with van der Waals surface area (Å²) in [5.74, 6) is 0.371. The molecule has 0 spiro atoms. The highest BCUT2D eigenvalue weighted by Gasteiger charge is 2.48. The number of fused-ring (bicyclic) bond motifs is 2. The van der Waals surface area contributed by atoms with Crippen LogP contribution in [0.15, 0.2) is 28.7 Å². The number of nitrogens with one attached hydrogen (secondary N) is 1. The molecule has 4 rings (SSSR count). The lowest BCUT2D eigenvalue weighted by Gasteiger charge is -2.44. The Morgan fingerprint density at radius 3 is 2.48 bits per heavy atom. The van der Waals surface area contributed by atoms with Gasteiger partial charge in [-0.1, -0.05) is 34.5 Å². The maximum absolute atomic E-state index is 13.3. The van der Waals surface area contributed by atoms with Crippen LogP contribution in [0.5, 0.6) is 0 Å². The minimum absolute atomic E-state index is 0. The van der Waals surface area contributed by atoms with Crippen LogP contribution < -0.4 is 5.32 Å². The fourth-order valence-electron chi connectivity index (χ4n) is 4.36. The zero-order valence-electron chi connectivity index (χ0n) is 13.3. The maximum atomic E-state index is 13.3. The largest absolute Gasteiger partial charge is 0.340 e. The number of benzene rings is 1. The van der Waals surface area contributed by atoms with Crippen LogP contribution >= 0.6 is 28.3 Å². The average molecular weight is 400 g/mol. The van der Waals surface area contributed by atoms with Crippen molar-refractivity contribution < 1.29 is 4.79 Å². The Morgan fingerprint density at radius 2 is 1.83 bits per heavy atom. The third-order valence-electron chi connectivity index (χ3n) is 5.82. The lowest BCUT2D eigenvalue weighted by molar-refractivity contribution is -0.141. The molecule has 2 unspecified atom stereocenters. The number of hydrogen-bond donors (Lipinski definition) is 1. The first kappa shape index (κ1) is 17.2. The van der Waals surface area contributed by atoms with Crippen LogP contribution in [-0.2, 0) is 10.2 Å². The summed E-state index contributed by atoms with van der Waals surface area (Å²) in [6.07, 6.45) is 6.79. The van der Waals surface area contributed by atoms with Gasteiger partial charge in [0.1, 0.15) is 0 Å². The van der Waals surface area contributed by atoms with E-state index in [1.54, 1.807) is 0 Å². The second kappa shape index (κ2) is 6.73. The number of amides is 1. The van der Waals surface area contributed by atoms with Crippen LogP contribution in [0.4, 0.5) is 0 Å². The van der Waals surface area contributed by atoms with Crippen molar-refractivity contribution in [1.82, 2.24) is 10.2 Å². The van der Waals surface area contributed by atoms with E-state index in [9.17, 15) is 4.79 Å². The molecule has 2 atom stereocenters. The summed E-state index contributed by atoms with van der Waals surface area (Å²) >= 11 is 3.49. The van der Waals surface area contributed by atoms with Gasteiger partial charge in [0.2, 0.25) is 5.91 Å². The molecule has 1 aromatic rings. The Bertz CT molecular complexity index is 573. The van der Waals surface area contributed by atoms with Crippen molar-refractivity contribution in [2.24, 2.45) is 0 Å². The fourth-order valence-corrected chi connectivity index (χ4v) is 4.62. The van der Waals surface area contributed by atoms with Gasteiger partial charge in [-0.15, -0.1) is 12.4 Å². The van der Waals surface area contributed by atoms with Gasteiger partial charge in [0.05, 0.1) is 5.41 Å². The molecule has 1 saturated carbocycles. The minimum Gasteiger partial charge on any atom is -0.340 e. The number of carbonyl (C=O) groups is 1. The molecule has 3 nitrogen and oxygen atoms in total. The summed E-state index contributed by atoms with van der Waals surface area (Å²) in [5, 5.41) is 3.67. The van der Waals surface area contributed by atoms with Gasteiger partial charge in [-0.2, -0.15) is 0 Å². The van der Waals surface area contributed by atoms with E-state index in [2.05, 4.69) is 50.4 Å². The van der Waals surface area contributed by atoms with E-state index in [4.69, 9.17) is 0 Å². The second-order valence-corrected chi connectivity index (χ2v) is 8.04. The zero-order chi connectivity index (χ0) is 15.2. The topological polar surface area (TPSA) is 32.3 Å². The Kier molecular flexibility index (Phi) is 5.05. The molecule has 23 heavy (non-hydrogen) atoms. The van der Waals surface area contributed by atoms with Crippen LogP contribution in [0.2, 0.25) is 0 Å². The third-order valence-corrected chi connectivity index (χ3v) is 6.35. The van der Waals surface area contributed by atoms with Crippen molar-refractivity contribution in [2.75, 3.05) is 13.1 Å². The molecule has 0 aromatic heterocycles. The van der Waals surface area contributed by atoms with Crippen molar-refractivity contribution >= 4 is 34.2 Å². The number of hydrogen-bond acceptors (Lipinski definition) is 2. The summed E-state index contributed by atoms with van der Waals surface area (Å²) < 4.78 is 1.08. The highest BCUT2D eigenvalue weighted by atomic mass is 79.9. The maximum Gasteiger partial charge on any atom is 0.233 e. The highest BCUT2D eigenvalue weighted by molar-refractivity contribution is 9.10. The third kappa shape index (κ3) is 3.06. The monoisotopic (exact) mass is 398 g/mol. The van der Waals surface area contributed by atoms with Gasteiger partial charge in [0.15, 0.2) is 0 Å². The van der Waals surface area contributed by atoms with E-state index in [-0.39, 0.29) is 17.8 Å². The number of carbonyl (C=O) groups excluding carboxylic acids is 1. The summed E-state index contributed by atoms with van der Waals surface area (Å²) in [6, 6.07) is 9.53. The summed E-state index contributed by atoms with van der Waals surface area (Å²) in [7, 11) is 0. The molecular formula is C18H24BrClN2O. The van der Waals surface area contributed by atoms with Gasteiger partial charge in [0, 0.05) is 29.6 Å². The zero-order valence-corrected chi connectivity index (χ0v) is 15.7. The first-order valence-corrected chi connectivity index (χ1v) is 9.28. The Labute approximate surface area is 152 Å². The predicted molar refractivity (Wildman–Crippen MR) is 98.1 cm³/mol. The van der Waals surface area contributed by atoms with Crippen molar-refractivity contribution in [3.8, 4) is 0 Å². The Hall–Kier alpha value is -0.580. The van der Waals surface area contributed by atoms with Crippen LogP contribution in [0.3, 0.4) is 0 Å². The Balaban J connectivity index is 0.00000156. The fraction of sp³-hybridized carbons (Fsp3) is 0.611. The molecule has 1 aliphatic carbocycles. The molecule has 126 valence electrons. The van der Waals surface area contributed by atoms with Gasteiger partial charge in [-0.05, 0) is 49.8 Å². The molecule has 1 N–H and O–H groups in total. The van der Waals surface area contributed by atoms with Crippen LogP contribution in [-0.4, -0.2) is 36.0 Å². The molecule has 2 saturated heterocycles. The van der Waals surface area contributed by atoms with Crippen LogP contribution in [0.1, 0.15) is 44.1 Å². The van der Waals surface area contributed by atoms with Crippen molar-refractivity contribution in [3.63, 3.8) is 0 Å². The first-order chi connectivity index (χ1) is 10.7. The van der Waals surface area contributed by atoms with Gasteiger partial charge < -0.3 is 10.2 Å². The van der Waals surface area contributed by atoms with Crippen molar-refractivity contribution in [1.29, 1.82) is 0 Å². The highest BCUT2D eigenvalue weighted by Crippen LogP contribution is 2.45. The molecule has 2 aliphatic heterocycles. The van der Waals surface area contributed by atoms with E-state index in [1.807, 2.05) is 0 Å². The van der Waals surface area contributed by atoms with E-state index >= 15 is 0 Å². The Morgan fingerprint density at radius 1 is 1.13 bits per heavy atom. The lowest BCUT2D eigenvalue weighted by atomic mass is 9.63. The molecule has 3 fully saturated rings. The van der Waals surface area contributed by atoms with Crippen molar-refractivity contribution in [2.45, 2.75) is 56.0 Å². The molecule has 5 heteroatoms. The molecule has 1 aromatic carbocycles. The van der Waals surface area contributed by atoms with Crippen LogP contribution in [0.25, 0.3) is 0 Å². The number of halogens is 2. The van der Waals surface area contributed by atoms with E-state index in [1.165, 1.54) is 24.8 Å². The summed E-state index contributed by atoms with van der Waals surface area (Å²) in [4.78, 5) is 15.5. The summed E-state index contributed by atoms with van der Waals surface area (Å²) in [6.45, 7) is 1.82. The smallest absolute Gasteiger partial charge is 0.233 e. The molecule has 0 radical (unpaired) electrons. The molecule has 2 heterocycles. The van der Waals surface area contributed by atoms with Gasteiger partial charge in [-0.25, -0.2) is 0 Å². The van der Waals surface area contributed by atoms with Gasteiger partial charge in [0.25, 0.3) is 0 Å². The molecule has 1 amide bonds. The number of likely N-dealkylation sites (tertiary alicyclic amines) is 1. The van der Waals surface area contributed by atoms with E-state index in [0.29, 0.717) is 18.0 Å². The quantitative estimate of drug-likeness (QED) is 0.823. The van der Waals surface area contributed by atoms with E-state index < -0.39 is 0 Å². The number of nitrogens with zero attached hydrogens (tertiary/aromatic N) is 1. The lowest BCUT2D eigenvalue weighted by Crippen LogP contribution is -2.53. The molecule has 2 bridgehead atoms. The molecular weight excluding hydrogens is 376 g/mol. The van der Waals surface area contributed by atoms with Crippen LogP contribution in [0, 0.1) is 0 Å². The second-order valence-electron chi connectivity index (χ2n) is 7.12. The first-order valence-electron chi connectivity index (χ1n) is 8.49. The molecule has 3 aliphatic rings. The minimum atomic E-state index is -0.246. The van der Waals surface area contributed by atoms with Crippen molar-refractivity contribution in [3.05, 3.63) is 34.3 Å². The van der Waals surface area contributed by atoms with E-state index in [0.717, 1.165) is 36.8 Å². The average Bonchev–Trinajstić information content (AvgIpc) is 2.79. The standard InChI is InChI=1S/C18H23BrN2O.ClH/c19-14-4-2-13(3-5-14)18(9-1-10-18)17(22)21-11-8-15-6-7-16(12-21)20-15;/h2-5,15-16,20H,1,6-12H2;1H. The normalized spacial score (nSPS) is 28.5. The van der Waals surface area contributed by atoms with Gasteiger partial charge in [-0.3, -0.25) is 4.79 Å². The van der Waals surface area contributed by atoms with Gasteiger partial charge >= 0.3 is 0 Å². The number of rotatable bonds is 2. The summed E-state index contributed by atoms with van der Waals surface area (Å²) in [5.41, 5.74) is 0.957.